The summed E-state index contributed by atoms with van der Waals surface area (Å²) in [5.41, 5.74) is 2.59. The fraction of sp³-hybridized carbons (Fsp3) is 0.350. The average Bonchev–Trinajstić information content (AvgIpc) is 2.58. The first-order valence-electron chi connectivity index (χ1n) is 8.08. The molecule has 0 saturated carbocycles. The fourth-order valence-corrected chi connectivity index (χ4v) is 2.53. The van der Waals surface area contributed by atoms with Crippen LogP contribution >= 0.6 is 0 Å². The lowest BCUT2D eigenvalue weighted by Crippen LogP contribution is -2.00. The lowest BCUT2D eigenvalue weighted by molar-refractivity contribution is 0.305. The van der Waals surface area contributed by atoms with Crippen molar-refractivity contribution in [3.05, 3.63) is 54.1 Å². The van der Waals surface area contributed by atoms with Crippen molar-refractivity contribution in [2.75, 3.05) is 6.61 Å². The second-order valence-electron chi connectivity index (χ2n) is 5.42. The molecule has 0 N–H and O–H groups in total. The highest BCUT2D eigenvalue weighted by molar-refractivity contribution is 5.76. The number of nitriles is 1. The summed E-state index contributed by atoms with van der Waals surface area (Å²) in [5, 5.41) is 9.37. The van der Waals surface area contributed by atoms with E-state index < -0.39 is 0 Å². The Balaban J connectivity index is 2.10. The third-order valence-electron chi connectivity index (χ3n) is 3.71. The SMILES string of the molecule is CCCCCCCOc1cccc(C#N)c1-c1ccccc1. The van der Waals surface area contributed by atoms with Crippen molar-refractivity contribution in [1.29, 1.82) is 5.26 Å². The van der Waals surface area contributed by atoms with Gasteiger partial charge in [-0.2, -0.15) is 5.26 Å². The van der Waals surface area contributed by atoms with Crippen LogP contribution < -0.4 is 4.74 Å². The molecule has 2 aromatic carbocycles. The minimum atomic E-state index is 0.662. The summed E-state index contributed by atoms with van der Waals surface area (Å²) in [7, 11) is 0. The van der Waals surface area contributed by atoms with Gasteiger partial charge in [0.2, 0.25) is 0 Å². The van der Waals surface area contributed by atoms with Crippen LogP contribution in [0.15, 0.2) is 48.5 Å². The van der Waals surface area contributed by atoms with Gasteiger partial charge in [-0.05, 0) is 24.1 Å². The molecule has 0 unspecified atom stereocenters. The maximum Gasteiger partial charge on any atom is 0.128 e. The Morgan fingerprint density at radius 1 is 0.909 bits per heavy atom. The first kappa shape index (κ1) is 16.1. The molecular formula is C20H23NO. The van der Waals surface area contributed by atoms with Gasteiger partial charge in [-0.25, -0.2) is 0 Å². The number of rotatable bonds is 8. The zero-order valence-electron chi connectivity index (χ0n) is 13.2. The minimum Gasteiger partial charge on any atom is -0.493 e. The smallest absolute Gasteiger partial charge is 0.128 e. The van der Waals surface area contributed by atoms with Gasteiger partial charge in [-0.3, -0.25) is 0 Å². The van der Waals surface area contributed by atoms with Crippen LogP contribution in [0.4, 0.5) is 0 Å². The Bertz CT molecular complexity index is 613. The molecule has 0 saturated heterocycles. The Morgan fingerprint density at radius 2 is 1.68 bits per heavy atom. The van der Waals surface area contributed by atoms with Gasteiger partial charge < -0.3 is 4.74 Å². The Kier molecular flexibility index (Phi) is 6.51. The summed E-state index contributed by atoms with van der Waals surface area (Å²) in [6.45, 7) is 2.93. The summed E-state index contributed by atoms with van der Waals surface area (Å²) in [6.07, 6.45) is 6.07. The zero-order valence-corrected chi connectivity index (χ0v) is 13.2. The third-order valence-corrected chi connectivity index (χ3v) is 3.71. The fourth-order valence-electron chi connectivity index (χ4n) is 2.53. The second-order valence-corrected chi connectivity index (χ2v) is 5.42. The molecule has 0 aromatic heterocycles. The number of nitrogens with zero attached hydrogens (tertiary/aromatic N) is 1. The van der Waals surface area contributed by atoms with Gasteiger partial charge >= 0.3 is 0 Å². The zero-order chi connectivity index (χ0) is 15.6. The van der Waals surface area contributed by atoms with Crippen molar-refractivity contribution < 1.29 is 4.74 Å². The predicted molar refractivity (Wildman–Crippen MR) is 90.8 cm³/mol. The first-order chi connectivity index (χ1) is 10.9. The quantitative estimate of drug-likeness (QED) is 0.596. The van der Waals surface area contributed by atoms with Crippen molar-refractivity contribution >= 4 is 0 Å². The van der Waals surface area contributed by atoms with Crippen LogP contribution in [0.1, 0.15) is 44.6 Å². The maximum atomic E-state index is 9.37. The lowest BCUT2D eigenvalue weighted by atomic mass is 9.99. The van der Waals surface area contributed by atoms with Crippen LogP contribution in [-0.4, -0.2) is 6.61 Å². The molecule has 0 amide bonds. The molecule has 22 heavy (non-hydrogen) atoms. The minimum absolute atomic E-state index is 0.662. The lowest BCUT2D eigenvalue weighted by Gasteiger charge is -2.13. The van der Waals surface area contributed by atoms with Gasteiger partial charge in [0, 0.05) is 5.56 Å². The number of hydrogen-bond acceptors (Lipinski definition) is 2. The molecule has 0 aliphatic rings. The van der Waals surface area contributed by atoms with Crippen molar-refractivity contribution in [2.45, 2.75) is 39.0 Å². The molecule has 0 aliphatic heterocycles. The number of unbranched alkanes of at least 4 members (excludes halogenated alkanes) is 4. The number of ether oxygens (including phenoxy) is 1. The van der Waals surface area contributed by atoms with Gasteiger partial charge in [0.05, 0.1) is 18.2 Å². The van der Waals surface area contributed by atoms with Crippen LogP contribution in [0.5, 0.6) is 5.75 Å². The molecule has 0 atom stereocenters. The Labute approximate surface area is 133 Å². The highest BCUT2D eigenvalue weighted by Gasteiger charge is 2.11. The normalized spacial score (nSPS) is 10.2. The van der Waals surface area contributed by atoms with Crippen molar-refractivity contribution in [1.82, 2.24) is 0 Å². The molecule has 0 spiro atoms. The molecule has 0 aliphatic carbocycles. The standard InChI is InChI=1S/C20H23NO/c1-2-3-4-5-9-15-22-19-14-10-13-18(16-21)20(19)17-11-7-6-8-12-17/h6-8,10-14H,2-5,9,15H2,1H3. The molecule has 0 radical (unpaired) electrons. The van der Waals surface area contributed by atoms with E-state index in [0.29, 0.717) is 12.2 Å². The van der Waals surface area contributed by atoms with Crippen LogP contribution in [0.25, 0.3) is 11.1 Å². The van der Waals surface area contributed by atoms with Gasteiger partial charge in [-0.15, -0.1) is 0 Å². The number of benzene rings is 2. The molecule has 114 valence electrons. The molecule has 2 nitrogen and oxygen atoms in total. The monoisotopic (exact) mass is 293 g/mol. The largest absolute Gasteiger partial charge is 0.493 e. The Hall–Kier alpha value is -2.27. The summed E-state index contributed by atoms with van der Waals surface area (Å²) in [4.78, 5) is 0. The van der Waals surface area contributed by atoms with Crippen LogP contribution in [0.3, 0.4) is 0 Å². The molecular weight excluding hydrogens is 270 g/mol. The summed E-state index contributed by atoms with van der Waals surface area (Å²) >= 11 is 0. The van der Waals surface area contributed by atoms with Crippen LogP contribution in [-0.2, 0) is 0 Å². The predicted octanol–water partition coefficient (Wildman–Crippen LogP) is 5.57. The molecule has 2 heteroatoms. The van der Waals surface area contributed by atoms with Crippen molar-refractivity contribution in [3.63, 3.8) is 0 Å². The van der Waals surface area contributed by atoms with Gasteiger partial charge in [0.15, 0.2) is 0 Å². The topological polar surface area (TPSA) is 33.0 Å². The van der Waals surface area contributed by atoms with Crippen molar-refractivity contribution in [3.8, 4) is 22.9 Å². The van der Waals surface area contributed by atoms with Crippen LogP contribution in [0.2, 0.25) is 0 Å². The highest BCUT2D eigenvalue weighted by atomic mass is 16.5. The Morgan fingerprint density at radius 3 is 2.41 bits per heavy atom. The van der Waals surface area contributed by atoms with Crippen LogP contribution in [0, 0.1) is 11.3 Å². The summed E-state index contributed by atoms with van der Waals surface area (Å²) in [6, 6.07) is 17.9. The first-order valence-corrected chi connectivity index (χ1v) is 8.08. The van der Waals surface area contributed by atoms with Gasteiger partial charge in [0.1, 0.15) is 5.75 Å². The van der Waals surface area contributed by atoms with E-state index in [4.69, 9.17) is 4.74 Å². The molecule has 2 aromatic rings. The molecule has 2 rings (SSSR count). The van der Waals surface area contributed by atoms with E-state index in [1.165, 1.54) is 25.7 Å². The molecule has 0 bridgehead atoms. The van der Waals surface area contributed by atoms with Gasteiger partial charge in [0.25, 0.3) is 0 Å². The second kappa shape index (κ2) is 8.89. The van der Waals surface area contributed by atoms with E-state index in [1.807, 2.05) is 48.5 Å². The van der Waals surface area contributed by atoms with E-state index in [-0.39, 0.29) is 0 Å². The maximum absolute atomic E-state index is 9.37. The highest BCUT2D eigenvalue weighted by Crippen LogP contribution is 2.33. The summed E-state index contributed by atoms with van der Waals surface area (Å²) in [5.74, 6) is 0.806. The average molecular weight is 293 g/mol. The summed E-state index contributed by atoms with van der Waals surface area (Å²) < 4.78 is 5.96. The van der Waals surface area contributed by atoms with E-state index in [2.05, 4.69) is 13.0 Å². The van der Waals surface area contributed by atoms with E-state index in [0.717, 1.165) is 23.3 Å². The van der Waals surface area contributed by atoms with E-state index in [1.54, 1.807) is 0 Å². The molecule has 0 heterocycles. The van der Waals surface area contributed by atoms with E-state index >= 15 is 0 Å². The van der Waals surface area contributed by atoms with Crippen molar-refractivity contribution in [2.24, 2.45) is 0 Å². The van der Waals surface area contributed by atoms with E-state index in [9.17, 15) is 5.26 Å². The molecule has 0 fully saturated rings. The number of hydrogen-bond donors (Lipinski definition) is 0. The third kappa shape index (κ3) is 4.36. The van der Waals surface area contributed by atoms with Gasteiger partial charge in [-0.1, -0.05) is 69.0 Å².